The third-order valence-corrected chi connectivity index (χ3v) is 1.78. The Balaban J connectivity index is 2.62. The zero-order valence-corrected chi connectivity index (χ0v) is 8.18. The normalized spacial score (nSPS) is 11.3. The molecule has 0 aromatic heterocycles. The van der Waals surface area contributed by atoms with E-state index in [0.717, 1.165) is 6.26 Å². The van der Waals surface area contributed by atoms with Crippen molar-refractivity contribution in [2.45, 2.75) is 0 Å². The van der Waals surface area contributed by atoms with E-state index in [1.165, 1.54) is 6.08 Å². The van der Waals surface area contributed by atoms with Crippen LogP contribution in [0, 0.1) is 21.6 Å². The molecule has 6 heteroatoms. The molecular weight excluding hydrogens is 222 g/mol. The molecule has 0 aliphatic rings. The van der Waals surface area contributed by atoms with Gasteiger partial charge >= 0.3 is 0 Å². The number of hydrogen-bond acceptors (Lipinski definition) is 5. The number of rotatable bonds is 3. The van der Waals surface area contributed by atoms with Gasteiger partial charge in [0.15, 0.2) is 0 Å². The van der Waals surface area contributed by atoms with Gasteiger partial charge in [0.1, 0.15) is 10.2 Å². The zero-order valence-electron chi connectivity index (χ0n) is 7.42. The van der Waals surface area contributed by atoms with E-state index < -0.39 is 10.2 Å². The van der Waals surface area contributed by atoms with E-state index in [2.05, 4.69) is 4.29 Å². The Morgan fingerprint density at radius 2 is 1.80 bits per heavy atom. The van der Waals surface area contributed by atoms with Gasteiger partial charge in [0.05, 0.1) is 11.6 Å². The molecule has 0 unspecified atom stereocenters. The van der Waals surface area contributed by atoms with Crippen LogP contribution >= 0.6 is 0 Å². The summed E-state index contributed by atoms with van der Waals surface area (Å²) in [5.41, 5.74) is 1.11. The Kier molecular flexibility index (Phi) is 3.66. The van der Waals surface area contributed by atoms with Crippen molar-refractivity contribution in [1.82, 2.24) is 0 Å². The van der Waals surface area contributed by atoms with Crippen molar-refractivity contribution in [1.29, 1.82) is 5.26 Å². The van der Waals surface area contributed by atoms with Crippen LogP contribution in [0.2, 0.25) is 0 Å². The molecule has 0 saturated heterocycles. The molecule has 0 radical (unpaired) electrons. The first-order valence-corrected chi connectivity index (χ1v) is 5.00. The van der Waals surface area contributed by atoms with Crippen LogP contribution in [0.4, 0.5) is 0 Å². The molecule has 1 rings (SSSR count). The van der Waals surface area contributed by atoms with Gasteiger partial charge in [-0.2, -0.15) is 19.2 Å². The van der Waals surface area contributed by atoms with Gasteiger partial charge in [0.2, 0.25) is 0 Å². The lowest BCUT2D eigenvalue weighted by Crippen LogP contribution is -2.60. The lowest BCUT2D eigenvalue weighted by atomic mass is 10.1. The Labute approximate surface area is 88.2 Å². The molecule has 78 valence electrons. The Morgan fingerprint density at radius 1 is 1.20 bits per heavy atom. The third-order valence-electron chi connectivity index (χ3n) is 1.46. The molecule has 0 amide bonds. The van der Waals surface area contributed by atoms with E-state index >= 15 is 0 Å². The van der Waals surface area contributed by atoms with Crippen LogP contribution in [0.25, 0.3) is 6.08 Å². The second-order valence-electron chi connectivity index (χ2n) is 2.50. The molecule has 0 bridgehead atoms. The van der Waals surface area contributed by atoms with E-state index in [1.54, 1.807) is 24.3 Å². The van der Waals surface area contributed by atoms with Crippen molar-refractivity contribution in [3.05, 3.63) is 41.7 Å². The maximum Gasteiger partial charge on any atom is 0.253 e. The molecule has 0 heterocycles. The lowest BCUT2D eigenvalue weighted by Gasteiger charge is -2.09. The second-order valence-corrected chi connectivity index (χ2v) is 3.44. The number of nitriles is 1. The van der Waals surface area contributed by atoms with Crippen LogP contribution < -0.4 is 14.0 Å². The zero-order chi connectivity index (χ0) is 11.3. The van der Waals surface area contributed by atoms with Crippen molar-refractivity contribution in [2.24, 2.45) is 0 Å². The molecule has 0 atom stereocenters. The van der Waals surface area contributed by atoms with Gasteiger partial charge in [-0.05, 0) is 23.8 Å². The highest BCUT2D eigenvalue weighted by molar-refractivity contribution is 5.49. The minimum Gasteiger partial charge on any atom is -0.192 e. The van der Waals surface area contributed by atoms with Crippen molar-refractivity contribution >= 4 is 6.08 Å². The standard InChI is InChI=1S/C9H6ClNO4/c11-7-9-3-1-8(2-4-9)5-6-15-10(12,13)14/h1-6H. The Morgan fingerprint density at radius 3 is 2.27 bits per heavy atom. The summed E-state index contributed by atoms with van der Waals surface area (Å²) in [4.78, 5) is 0. The smallest absolute Gasteiger partial charge is 0.192 e. The summed E-state index contributed by atoms with van der Waals surface area (Å²) in [6.07, 6.45) is 2.06. The molecular formula is C9H6ClNO4. The monoisotopic (exact) mass is 227 g/mol. The summed E-state index contributed by atoms with van der Waals surface area (Å²) in [5, 5.41) is 8.50. The highest BCUT2D eigenvalue weighted by Crippen LogP contribution is 2.05. The molecule has 15 heavy (non-hydrogen) atoms. The predicted octanol–water partition coefficient (Wildman–Crippen LogP) is -1.56. The average molecular weight is 228 g/mol. The first-order chi connectivity index (χ1) is 7.01. The fourth-order valence-electron chi connectivity index (χ4n) is 0.836. The molecule has 5 nitrogen and oxygen atoms in total. The van der Waals surface area contributed by atoms with Crippen LogP contribution in [0.15, 0.2) is 30.5 Å². The first kappa shape index (κ1) is 11.5. The van der Waals surface area contributed by atoms with Crippen molar-refractivity contribution in [3.63, 3.8) is 0 Å². The second kappa shape index (κ2) is 4.77. The maximum atomic E-state index is 10.0. The highest BCUT2D eigenvalue weighted by atomic mass is 35.7. The molecule has 0 fully saturated rings. The average Bonchev–Trinajstić information content (AvgIpc) is 2.17. The number of benzene rings is 1. The molecule has 0 saturated carbocycles. The van der Waals surface area contributed by atoms with E-state index in [0.29, 0.717) is 11.1 Å². The number of hydrogen-bond donors (Lipinski definition) is 0. The largest absolute Gasteiger partial charge is 0.253 e. The van der Waals surface area contributed by atoms with E-state index in [1.807, 2.05) is 6.07 Å². The van der Waals surface area contributed by atoms with Crippen molar-refractivity contribution in [3.8, 4) is 6.07 Å². The minimum atomic E-state index is -4.44. The van der Waals surface area contributed by atoms with E-state index in [4.69, 9.17) is 5.26 Å². The van der Waals surface area contributed by atoms with Gasteiger partial charge in [-0.1, -0.05) is 16.4 Å². The summed E-state index contributed by atoms with van der Waals surface area (Å²) in [6.45, 7) is 0. The number of halogens is 1. The SMILES string of the molecule is N#Cc1ccc(C=CO[Cl+3]([O-])([O-])[O-])cc1. The molecule has 0 aliphatic carbocycles. The summed E-state index contributed by atoms with van der Waals surface area (Å²) >= 11 is 0. The van der Waals surface area contributed by atoms with Crippen LogP contribution in [-0.4, -0.2) is 0 Å². The van der Waals surface area contributed by atoms with Gasteiger partial charge in [0.25, 0.3) is 6.26 Å². The van der Waals surface area contributed by atoms with Gasteiger partial charge in [0, 0.05) is 0 Å². The topological polar surface area (TPSA) is 102 Å². The van der Waals surface area contributed by atoms with Crippen molar-refractivity contribution in [2.75, 3.05) is 0 Å². The molecule has 1 aromatic rings. The maximum absolute atomic E-state index is 10.0. The lowest BCUT2D eigenvalue weighted by molar-refractivity contribution is -1.92. The van der Waals surface area contributed by atoms with Gasteiger partial charge in [-0.3, -0.25) is 0 Å². The Bertz CT molecular complexity index is 388. The van der Waals surface area contributed by atoms with Crippen LogP contribution in [0.1, 0.15) is 11.1 Å². The summed E-state index contributed by atoms with van der Waals surface area (Å²) < 4.78 is 33.9. The minimum absolute atomic E-state index is 0.489. The third kappa shape index (κ3) is 4.44. The van der Waals surface area contributed by atoms with Crippen molar-refractivity contribution < 1.29 is 28.5 Å². The molecule has 0 spiro atoms. The Hall–Kier alpha value is -1.58. The summed E-state index contributed by atoms with van der Waals surface area (Å²) in [5.74, 6) is 0. The number of nitrogens with zero attached hydrogens (tertiary/aromatic N) is 1. The van der Waals surface area contributed by atoms with Gasteiger partial charge < -0.3 is 0 Å². The fraction of sp³-hybridized carbons (Fsp3) is 0. The van der Waals surface area contributed by atoms with E-state index in [9.17, 15) is 14.0 Å². The van der Waals surface area contributed by atoms with Gasteiger partial charge in [-0.15, -0.1) is 0 Å². The van der Waals surface area contributed by atoms with E-state index in [-0.39, 0.29) is 0 Å². The summed E-state index contributed by atoms with van der Waals surface area (Å²) in [7, 11) is -4.44. The summed E-state index contributed by atoms with van der Waals surface area (Å²) in [6, 6.07) is 8.23. The highest BCUT2D eigenvalue weighted by Gasteiger charge is 2.12. The quantitative estimate of drug-likeness (QED) is 0.581. The predicted molar refractivity (Wildman–Crippen MR) is 41.3 cm³/mol. The molecule has 0 aliphatic heterocycles. The molecule has 1 aromatic carbocycles. The fourth-order valence-corrected chi connectivity index (χ4v) is 1.01. The van der Waals surface area contributed by atoms with Gasteiger partial charge in [-0.25, -0.2) is 0 Å². The first-order valence-electron chi connectivity index (χ1n) is 3.77. The van der Waals surface area contributed by atoms with Crippen LogP contribution in [0.5, 0.6) is 0 Å². The van der Waals surface area contributed by atoms with Crippen LogP contribution in [-0.2, 0) is 4.29 Å². The molecule has 0 N–H and O–H groups in total. The van der Waals surface area contributed by atoms with Crippen LogP contribution in [0.3, 0.4) is 0 Å².